The molecule has 0 aliphatic heterocycles. The second-order valence-corrected chi connectivity index (χ2v) is 9.27. The van der Waals surface area contributed by atoms with Gasteiger partial charge in [0.15, 0.2) is 0 Å². The largest absolute Gasteiger partial charge is 0.508 e. The van der Waals surface area contributed by atoms with Crippen molar-refractivity contribution in [3.8, 4) is 22.6 Å². The Hall–Kier alpha value is -3.15. The molecule has 0 saturated carbocycles. The normalized spacial score (nSPS) is 11.1. The maximum atomic E-state index is 13.7. The first-order valence-electron chi connectivity index (χ1n) is 11.3. The zero-order valence-corrected chi connectivity index (χ0v) is 20.1. The van der Waals surface area contributed by atoms with Gasteiger partial charge in [-0.3, -0.25) is 4.79 Å². The van der Waals surface area contributed by atoms with Crippen molar-refractivity contribution in [1.29, 1.82) is 0 Å². The van der Waals surface area contributed by atoms with E-state index in [1.54, 1.807) is 12.1 Å². The number of nitrogens with one attached hydrogen (secondary N) is 1. The third kappa shape index (κ3) is 5.10. The smallest absolute Gasteiger partial charge is 0.203 e. The van der Waals surface area contributed by atoms with Crippen molar-refractivity contribution in [2.75, 3.05) is 19.7 Å². The van der Waals surface area contributed by atoms with Crippen LogP contribution in [0.2, 0.25) is 0 Å². The third-order valence-electron chi connectivity index (χ3n) is 5.68. The van der Waals surface area contributed by atoms with Crippen molar-refractivity contribution in [2.45, 2.75) is 27.2 Å². The molecule has 1 aromatic heterocycles. The summed E-state index contributed by atoms with van der Waals surface area (Å²) in [5.74, 6) is 1.02. The van der Waals surface area contributed by atoms with Crippen molar-refractivity contribution in [2.24, 2.45) is 0 Å². The molecule has 2 N–H and O–H groups in total. The number of hydrogen-bond donors (Lipinski definition) is 2. The van der Waals surface area contributed by atoms with Gasteiger partial charge in [0, 0.05) is 21.2 Å². The average Bonchev–Trinajstić information content (AvgIpc) is 3.19. The van der Waals surface area contributed by atoms with E-state index in [0.29, 0.717) is 17.0 Å². The van der Waals surface area contributed by atoms with Crippen LogP contribution < -0.4 is 10.1 Å². The first kappa shape index (κ1) is 23.0. The molecule has 33 heavy (non-hydrogen) atoms. The molecule has 0 aliphatic rings. The van der Waals surface area contributed by atoms with Gasteiger partial charge in [0.2, 0.25) is 5.78 Å². The molecular formula is C28H29NO3S. The van der Waals surface area contributed by atoms with Crippen LogP contribution in [0.5, 0.6) is 11.5 Å². The fraction of sp³-hybridized carbons (Fsp3) is 0.250. The van der Waals surface area contributed by atoms with Gasteiger partial charge in [-0.25, -0.2) is 0 Å². The van der Waals surface area contributed by atoms with Crippen molar-refractivity contribution in [3.63, 3.8) is 0 Å². The Kier molecular flexibility index (Phi) is 7.11. The topological polar surface area (TPSA) is 58.6 Å². The number of phenols is 1. The number of ether oxygens (including phenoxy) is 1. The van der Waals surface area contributed by atoms with Crippen LogP contribution in [0.4, 0.5) is 0 Å². The molecule has 170 valence electrons. The number of aryl methyl sites for hydroxylation is 2. The summed E-state index contributed by atoms with van der Waals surface area (Å²) in [5, 5.41) is 14.3. The number of fused-ring (bicyclic) bond motifs is 1. The minimum Gasteiger partial charge on any atom is -0.508 e. The summed E-state index contributed by atoms with van der Waals surface area (Å²) in [6, 6.07) is 19.2. The summed E-state index contributed by atoms with van der Waals surface area (Å²) in [5.41, 5.74) is 4.59. The zero-order valence-electron chi connectivity index (χ0n) is 19.3. The van der Waals surface area contributed by atoms with Crippen LogP contribution in [0.15, 0.2) is 60.7 Å². The fourth-order valence-corrected chi connectivity index (χ4v) is 5.13. The third-order valence-corrected chi connectivity index (χ3v) is 6.83. The Morgan fingerprint density at radius 3 is 2.58 bits per heavy atom. The van der Waals surface area contributed by atoms with Gasteiger partial charge in [0.1, 0.15) is 11.5 Å². The van der Waals surface area contributed by atoms with Gasteiger partial charge < -0.3 is 15.2 Å². The van der Waals surface area contributed by atoms with Crippen molar-refractivity contribution in [3.05, 3.63) is 82.2 Å². The molecule has 0 fully saturated rings. The second kappa shape index (κ2) is 10.2. The predicted octanol–water partition coefficient (Wildman–Crippen LogP) is 6.50. The number of carbonyl (C=O) groups excluding carboxylic acids is 1. The molecule has 0 radical (unpaired) electrons. The number of phenolic OH excluding ortho intramolecular Hbond substituents is 1. The van der Waals surface area contributed by atoms with Crippen LogP contribution in [0.25, 0.3) is 21.2 Å². The van der Waals surface area contributed by atoms with E-state index in [1.807, 2.05) is 62.4 Å². The zero-order chi connectivity index (χ0) is 23.4. The molecule has 3 aromatic carbocycles. The van der Waals surface area contributed by atoms with Gasteiger partial charge in [-0.15, -0.1) is 11.3 Å². The van der Waals surface area contributed by atoms with Crippen molar-refractivity contribution in [1.82, 2.24) is 5.32 Å². The standard InChI is InChI=1S/C28H29NO3S/c1-4-29-14-5-15-32-22-11-8-20(9-12-22)26-23-13-10-21(30)17-25(23)33-28(26)27(31)24-16-18(2)6-7-19(24)3/h6-13,16-17,29-30H,4-5,14-15H2,1-3H3. The highest BCUT2D eigenvalue weighted by Gasteiger charge is 2.22. The first-order valence-corrected chi connectivity index (χ1v) is 12.1. The number of thiophene rings is 1. The molecule has 4 aromatic rings. The van der Waals surface area contributed by atoms with E-state index in [2.05, 4.69) is 12.2 Å². The lowest BCUT2D eigenvalue weighted by Gasteiger charge is -2.10. The second-order valence-electron chi connectivity index (χ2n) is 8.21. The summed E-state index contributed by atoms with van der Waals surface area (Å²) in [6.07, 6.45) is 0.947. The lowest BCUT2D eigenvalue weighted by atomic mass is 9.95. The average molecular weight is 460 g/mol. The Balaban J connectivity index is 1.71. The van der Waals surface area contributed by atoms with Gasteiger partial charge in [0.25, 0.3) is 0 Å². The van der Waals surface area contributed by atoms with Crippen LogP contribution in [0, 0.1) is 13.8 Å². The molecule has 0 amide bonds. The van der Waals surface area contributed by atoms with E-state index >= 15 is 0 Å². The molecule has 5 heteroatoms. The Morgan fingerprint density at radius 2 is 1.82 bits per heavy atom. The lowest BCUT2D eigenvalue weighted by Crippen LogP contribution is -2.16. The lowest BCUT2D eigenvalue weighted by molar-refractivity contribution is 0.104. The number of rotatable bonds is 9. The summed E-state index contributed by atoms with van der Waals surface area (Å²) in [7, 11) is 0. The molecule has 0 atom stereocenters. The molecule has 0 aliphatic carbocycles. The van der Waals surface area contributed by atoms with Gasteiger partial charge in [-0.1, -0.05) is 36.8 Å². The van der Waals surface area contributed by atoms with E-state index in [-0.39, 0.29) is 11.5 Å². The van der Waals surface area contributed by atoms with E-state index in [1.165, 1.54) is 11.3 Å². The number of hydrogen-bond acceptors (Lipinski definition) is 5. The van der Waals surface area contributed by atoms with Crippen LogP contribution in [0.1, 0.15) is 39.7 Å². The maximum Gasteiger partial charge on any atom is 0.203 e. The van der Waals surface area contributed by atoms with Gasteiger partial charge >= 0.3 is 0 Å². The number of ketones is 1. The minimum absolute atomic E-state index is 0.00985. The Bertz CT molecular complexity index is 1270. The molecular weight excluding hydrogens is 430 g/mol. The molecule has 0 bridgehead atoms. The highest BCUT2D eigenvalue weighted by atomic mass is 32.1. The van der Waals surface area contributed by atoms with Crippen molar-refractivity contribution < 1.29 is 14.6 Å². The molecule has 4 rings (SSSR count). The summed E-state index contributed by atoms with van der Waals surface area (Å²) >= 11 is 1.43. The van der Waals surface area contributed by atoms with E-state index in [4.69, 9.17) is 4.74 Å². The summed E-state index contributed by atoms with van der Waals surface area (Å²) < 4.78 is 6.76. The van der Waals surface area contributed by atoms with Gasteiger partial charge in [-0.2, -0.15) is 0 Å². The van der Waals surface area contributed by atoms with Crippen LogP contribution in [-0.4, -0.2) is 30.6 Å². The van der Waals surface area contributed by atoms with Gasteiger partial charge in [0.05, 0.1) is 11.5 Å². The van der Waals surface area contributed by atoms with Crippen LogP contribution >= 0.6 is 11.3 Å². The Labute approximate surface area is 198 Å². The number of carbonyl (C=O) groups is 1. The fourth-order valence-electron chi connectivity index (χ4n) is 3.92. The van der Waals surface area contributed by atoms with E-state index in [0.717, 1.165) is 57.6 Å². The van der Waals surface area contributed by atoms with Crippen LogP contribution in [0.3, 0.4) is 0 Å². The summed E-state index contributed by atoms with van der Waals surface area (Å²) in [6.45, 7) is 8.61. The molecule has 4 nitrogen and oxygen atoms in total. The predicted molar refractivity (Wildman–Crippen MR) is 137 cm³/mol. The van der Waals surface area contributed by atoms with Gasteiger partial charge in [-0.05, 0) is 80.9 Å². The summed E-state index contributed by atoms with van der Waals surface area (Å²) in [4.78, 5) is 14.4. The van der Waals surface area contributed by atoms with E-state index in [9.17, 15) is 9.90 Å². The van der Waals surface area contributed by atoms with Crippen molar-refractivity contribution >= 4 is 27.2 Å². The maximum absolute atomic E-state index is 13.7. The monoisotopic (exact) mass is 459 g/mol. The highest BCUT2D eigenvalue weighted by molar-refractivity contribution is 7.21. The quantitative estimate of drug-likeness (QED) is 0.222. The number of benzene rings is 3. The molecule has 1 heterocycles. The minimum atomic E-state index is 0.00985. The van der Waals surface area contributed by atoms with Crippen LogP contribution in [-0.2, 0) is 0 Å². The highest BCUT2D eigenvalue weighted by Crippen LogP contribution is 2.42. The molecule has 0 unspecified atom stereocenters. The SMILES string of the molecule is CCNCCCOc1ccc(-c2c(C(=O)c3cc(C)ccc3C)sc3cc(O)ccc23)cc1. The van der Waals surface area contributed by atoms with E-state index < -0.39 is 0 Å². The first-order chi connectivity index (χ1) is 16.0. The Morgan fingerprint density at radius 1 is 1.03 bits per heavy atom. The number of aromatic hydroxyl groups is 1. The molecule has 0 spiro atoms. The molecule has 0 saturated heterocycles.